The van der Waals surface area contributed by atoms with E-state index in [9.17, 15) is 9.59 Å². The minimum Gasteiger partial charge on any atom is -0.449 e. The molecule has 0 bridgehead atoms. The summed E-state index contributed by atoms with van der Waals surface area (Å²) in [6.45, 7) is 11.2. The molecule has 3 saturated carbocycles. The number of carbonyl (C=O) groups excluding carboxylic acids is 2. The van der Waals surface area contributed by atoms with E-state index in [4.69, 9.17) is 4.74 Å². The summed E-state index contributed by atoms with van der Waals surface area (Å²) in [6.07, 6.45) is 7.90. The van der Waals surface area contributed by atoms with Crippen LogP contribution in [0.4, 0.5) is 4.79 Å². The largest absolute Gasteiger partial charge is 0.449 e. The molecule has 7 atom stereocenters. The third-order valence-corrected chi connectivity index (χ3v) is 9.70. The fourth-order valence-corrected chi connectivity index (χ4v) is 8.08. The zero-order valence-electron chi connectivity index (χ0n) is 19.1. The summed E-state index contributed by atoms with van der Waals surface area (Å²) >= 11 is 0. The molecule has 0 aromatic heterocycles. The average Bonchev–Trinajstić information content (AvgIpc) is 2.70. The first-order valence-electron chi connectivity index (χ1n) is 12.0. The van der Waals surface area contributed by atoms with Crippen LogP contribution in [-0.2, 0) is 9.53 Å². The van der Waals surface area contributed by atoms with Crippen molar-refractivity contribution in [2.75, 3.05) is 26.7 Å². The van der Waals surface area contributed by atoms with Gasteiger partial charge in [-0.2, -0.15) is 0 Å². The van der Waals surface area contributed by atoms with Gasteiger partial charge >= 0.3 is 6.09 Å². The van der Waals surface area contributed by atoms with E-state index < -0.39 is 0 Å². The molecule has 4 fully saturated rings. The minimum atomic E-state index is -0.158. The molecule has 164 valence electrons. The summed E-state index contributed by atoms with van der Waals surface area (Å²) in [6, 6.07) is 0.297. The molecule has 0 radical (unpaired) electrons. The molecule has 4 rings (SSSR count). The predicted octanol–water partition coefficient (Wildman–Crippen LogP) is 4.55. The van der Waals surface area contributed by atoms with Crippen LogP contribution in [0.15, 0.2) is 0 Å². The number of fused-ring (bicyclic) bond motifs is 5. The first kappa shape index (κ1) is 21.0. The van der Waals surface area contributed by atoms with Crippen molar-refractivity contribution < 1.29 is 14.3 Å². The van der Waals surface area contributed by atoms with Gasteiger partial charge in [0.05, 0.1) is 0 Å². The van der Waals surface area contributed by atoms with Crippen molar-refractivity contribution in [1.29, 1.82) is 0 Å². The van der Waals surface area contributed by atoms with Gasteiger partial charge in [0.15, 0.2) is 0 Å². The number of hydrogen-bond acceptors (Lipinski definition) is 3. The Labute approximate surface area is 176 Å². The summed E-state index contributed by atoms with van der Waals surface area (Å²) in [5.74, 6) is 2.45. The Bertz CT molecular complexity index is 663. The van der Waals surface area contributed by atoms with E-state index in [1.165, 1.54) is 19.3 Å². The van der Waals surface area contributed by atoms with Gasteiger partial charge in [-0.15, -0.1) is 0 Å². The van der Waals surface area contributed by atoms with Crippen molar-refractivity contribution in [2.24, 2.45) is 34.5 Å². The Hall–Kier alpha value is -1.26. The third kappa shape index (κ3) is 3.01. The molecule has 0 spiro atoms. The predicted molar refractivity (Wildman–Crippen MR) is 113 cm³/mol. The molecule has 1 aliphatic heterocycles. The van der Waals surface area contributed by atoms with Gasteiger partial charge in [0.25, 0.3) is 0 Å². The molecule has 5 heteroatoms. The van der Waals surface area contributed by atoms with Gasteiger partial charge in [-0.3, -0.25) is 4.79 Å². The maximum Gasteiger partial charge on any atom is 0.409 e. The van der Waals surface area contributed by atoms with Crippen molar-refractivity contribution in [1.82, 2.24) is 9.80 Å². The quantitative estimate of drug-likeness (QED) is 0.693. The summed E-state index contributed by atoms with van der Waals surface area (Å²) in [5, 5.41) is 0. The summed E-state index contributed by atoms with van der Waals surface area (Å²) < 4.78 is 5.62. The SMILES string of the molecule is CCN(CC)C(=O)[C@H]1CCC[C@H]2[C@@H]3CC[C@H]4N(C)C(=O)OC[C@]4(C)[C@H]3CC[C@]12C. The molecule has 0 N–H and O–H groups in total. The topological polar surface area (TPSA) is 49.9 Å². The lowest BCUT2D eigenvalue weighted by atomic mass is 9.44. The fraction of sp³-hybridized carbons (Fsp3) is 0.917. The number of hydrogen-bond donors (Lipinski definition) is 0. The van der Waals surface area contributed by atoms with Crippen molar-refractivity contribution in [3.05, 3.63) is 0 Å². The van der Waals surface area contributed by atoms with Crippen molar-refractivity contribution in [2.45, 2.75) is 78.7 Å². The lowest BCUT2D eigenvalue weighted by Gasteiger charge is -2.63. The van der Waals surface area contributed by atoms with E-state index in [1.807, 2.05) is 11.9 Å². The summed E-state index contributed by atoms with van der Waals surface area (Å²) in [5.41, 5.74) is 0.169. The number of carbonyl (C=O) groups is 2. The molecular formula is C24H40N2O3. The van der Waals surface area contributed by atoms with E-state index in [-0.39, 0.29) is 22.8 Å². The molecule has 0 aromatic rings. The van der Waals surface area contributed by atoms with Gasteiger partial charge in [-0.05, 0) is 75.5 Å². The minimum absolute atomic E-state index is 0.0444. The van der Waals surface area contributed by atoms with E-state index in [0.29, 0.717) is 36.3 Å². The van der Waals surface area contributed by atoms with E-state index in [0.717, 1.165) is 38.8 Å². The molecule has 0 unspecified atom stereocenters. The highest BCUT2D eigenvalue weighted by Crippen LogP contribution is 2.64. The third-order valence-electron chi connectivity index (χ3n) is 9.70. The Morgan fingerprint density at radius 3 is 2.45 bits per heavy atom. The van der Waals surface area contributed by atoms with Gasteiger partial charge in [-0.1, -0.05) is 20.3 Å². The van der Waals surface area contributed by atoms with E-state index in [2.05, 4.69) is 32.6 Å². The second-order valence-electron chi connectivity index (χ2n) is 10.7. The first-order chi connectivity index (χ1) is 13.8. The zero-order valence-corrected chi connectivity index (χ0v) is 19.1. The smallest absolute Gasteiger partial charge is 0.409 e. The normalized spacial score (nSPS) is 44.2. The molecule has 3 aliphatic carbocycles. The summed E-state index contributed by atoms with van der Waals surface area (Å²) in [4.78, 5) is 29.5. The standard InChI is InChI=1S/C24H40N2O3/c1-6-26(7-2)21(27)19-10-8-9-17-16-11-12-20-24(4,15-29-22(28)25(20)5)18(16)13-14-23(17,19)3/h16-20H,6-15H2,1-5H3/t16-,17-,18-,19+,20+,23-,24+/m0/s1. The van der Waals surface area contributed by atoms with Crippen LogP contribution >= 0.6 is 0 Å². The van der Waals surface area contributed by atoms with Crippen LogP contribution in [0.1, 0.15) is 72.6 Å². The first-order valence-corrected chi connectivity index (χ1v) is 12.0. The number of amides is 2. The molecule has 2 amide bonds. The van der Waals surface area contributed by atoms with Crippen LogP contribution in [0.25, 0.3) is 0 Å². The van der Waals surface area contributed by atoms with Gasteiger partial charge in [-0.25, -0.2) is 4.79 Å². The molecular weight excluding hydrogens is 364 g/mol. The summed E-state index contributed by atoms with van der Waals surface area (Å²) in [7, 11) is 1.91. The van der Waals surface area contributed by atoms with Crippen LogP contribution < -0.4 is 0 Å². The molecule has 4 aliphatic rings. The Morgan fingerprint density at radius 2 is 1.76 bits per heavy atom. The highest BCUT2D eigenvalue weighted by molar-refractivity contribution is 5.80. The molecule has 0 aromatic carbocycles. The zero-order chi connectivity index (χ0) is 21.0. The van der Waals surface area contributed by atoms with Crippen molar-refractivity contribution >= 4 is 12.0 Å². The number of ether oxygens (including phenoxy) is 1. The Balaban J connectivity index is 1.61. The van der Waals surface area contributed by atoms with Gasteiger partial charge in [0.1, 0.15) is 6.61 Å². The lowest BCUT2D eigenvalue weighted by molar-refractivity contribution is -0.172. The number of nitrogens with zero attached hydrogens (tertiary/aromatic N) is 2. The highest BCUT2D eigenvalue weighted by atomic mass is 16.6. The average molecular weight is 405 g/mol. The second-order valence-corrected chi connectivity index (χ2v) is 10.7. The fourth-order valence-electron chi connectivity index (χ4n) is 8.08. The van der Waals surface area contributed by atoms with Crippen LogP contribution in [0.5, 0.6) is 0 Å². The van der Waals surface area contributed by atoms with E-state index >= 15 is 0 Å². The maximum absolute atomic E-state index is 13.4. The lowest BCUT2D eigenvalue weighted by Crippen LogP contribution is -2.64. The van der Waals surface area contributed by atoms with Crippen molar-refractivity contribution in [3.63, 3.8) is 0 Å². The second kappa shape index (κ2) is 7.46. The number of cyclic esters (lactones) is 1. The van der Waals surface area contributed by atoms with Crippen LogP contribution in [0.3, 0.4) is 0 Å². The van der Waals surface area contributed by atoms with Crippen LogP contribution in [-0.4, -0.2) is 54.6 Å². The monoisotopic (exact) mass is 404 g/mol. The molecule has 1 heterocycles. The molecule has 29 heavy (non-hydrogen) atoms. The van der Waals surface area contributed by atoms with Gasteiger partial charge in [0.2, 0.25) is 5.91 Å². The van der Waals surface area contributed by atoms with Gasteiger partial charge in [0, 0.05) is 37.5 Å². The van der Waals surface area contributed by atoms with Crippen molar-refractivity contribution in [3.8, 4) is 0 Å². The van der Waals surface area contributed by atoms with Crippen LogP contribution in [0, 0.1) is 34.5 Å². The molecule has 1 saturated heterocycles. The Morgan fingerprint density at radius 1 is 1.07 bits per heavy atom. The van der Waals surface area contributed by atoms with E-state index in [1.54, 1.807) is 0 Å². The molecule has 5 nitrogen and oxygen atoms in total. The van der Waals surface area contributed by atoms with Crippen LogP contribution in [0.2, 0.25) is 0 Å². The van der Waals surface area contributed by atoms with Gasteiger partial charge < -0.3 is 14.5 Å². The number of rotatable bonds is 3. The Kier molecular flexibility index (Phi) is 5.40. The maximum atomic E-state index is 13.4. The highest BCUT2D eigenvalue weighted by Gasteiger charge is 2.61.